The van der Waals surface area contributed by atoms with Crippen LogP contribution in [0.25, 0.3) is 21.9 Å². The fourth-order valence-electron chi connectivity index (χ4n) is 2.45. The van der Waals surface area contributed by atoms with Crippen LogP contribution in [0.3, 0.4) is 0 Å². The first kappa shape index (κ1) is 14.1. The minimum absolute atomic E-state index is 0.0694. The van der Waals surface area contributed by atoms with Gasteiger partial charge in [0.25, 0.3) is 5.91 Å². The van der Waals surface area contributed by atoms with E-state index in [4.69, 9.17) is 4.42 Å². The number of amides is 1. The van der Waals surface area contributed by atoms with Crippen molar-refractivity contribution in [1.29, 1.82) is 0 Å². The van der Waals surface area contributed by atoms with Gasteiger partial charge >= 0.3 is 5.63 Å². The van der Waals surface area contributed by atoms with E-state index in [0.29, 0.717) is 10.9 Å². The first-order valence-corrected chi connectivity index (χ1v) is 6.92. The standard InChI is InChI=1S/C18H15NO3/c1-19(2)17(20)16-15(12-8-4-3-5-9-12)13-10-6-7-11-14(13)18(21)22-16/h3-11H,1-2H3. The predicted octanol–water partition coefficient (Wildman–Crippen LogP) is 3.16. The van der Waals surface area contributed by atoms with Gasteiger partial charge in [0, 0.05) is 25.0 Å². The van der Waals surface area contributed by atoms with Crippen molar-refractivity contribution in [2.75, 3.05) is 14.1 Å². The highest BCUT2D eigenvalue weighted by Gasteiger charge is 2.22. The van der Waals surface area contributed by atoms with E-state index in [-0.39, 0.29) is 11.7 Å². The Bertz CT molecular complexity index is 895. The normalized spacial score (nSPS) is 10.6. The van der Waals surface area contributed by atoms with E-state index in [2.05, 4.69) is 0 Å². The van der Waals surface area contributed by atoms with Crippen LogP contribution in [0.1, 0.15) is 10.6 Å². The molecule has 0 aliphatic carbocycles. The molecule has 4 nitrogen and oxygen atoms in total. The van der Waals surface area contributed by atoms with Crippen molar-refractivity contribution in [2.45, 2.75) is 0 Å². The molecule has 0 atom stereocenters. The van der Waals surface area contributed by atoms with Gasteiger partial charge in [0.15, 0.2) is 0 Å². The van der Waals surface area contributed by atoms with Crippen molar-refractivity contribution < 1.29 is 9.21 Å². The maximum absolute atomic E-state index is 12.4. The molecule has 0 N–H and O–H groups in total. The molecule has 0 radical (unpaired) electrons. The minimum atomic E-state index is -0.500. The molecule has 0 saturated heterocycles. The van der Waals surface area contributed by atoms with Gasteiger partial charge in [-0.2, -0.15) is 0 Å². The highest BCUT2D eigenvalue weighted by Crippen LogP contribution is 2.30. The van der Waals surface area contributed by atoms with Crippen molar-refractivity contribution in [3.05, 3.63) is 70.8 Å². The molecule has 0 spiro atoms. The Kier molecular flexibility index (Phi) is 3.51. The smallest absolute Gasteiger partial charge is 0.344 e. The lowest BCUT2D eigenvalue weighted by atomic mass is 9.98. The lowest BCUT2D eigenvalue weighted by Gasteiger charge is -2.14. The molecule has 1 aromatic heterocycles. The highest BCUT2D eigenvalue weighted by atomic mass is 16.4. The molecule has 22 heavy (non-hydrogen) atoms. The van der Waals surface area contributed by atoms with E-state index in [0.717, 1.165) is 10.9 Å². The molecule has 0 fully saturated rings. The minimum Gasteiger partial charge on any atom is -0.416 e. The fraction of sp³-hybridized carbons (Fsp3) is 0.111. The maximum Gasteiger partial charge on any atom is 0.344 e. The molecule has 1 heterocycles. The second-order valence-corrected chi connectivity index (χ2v) is 5.20. The average Bonchev–Trinajstić information content (AvgIpc) is 2.55. The van der Waals surface area contributed by atoms with Gasteiger partial charge in [0.05, 0.1) is 5.39 Å². The Morgan fingerprint density at radius 1 is 0.909 bits per heavy atom. The van der Waals surface area contributed by atoms with E-state index in [1.54, 1.807) is 26.2 Å². The summed E-state index contributed by atoms with van der Waals surface area (Å²) in [5.74, 6) is -0.262. The van der Waals surface area contributed by atoms with Crippen molar-refractivity contribution in [3.8, 4) is 11.1 Å². The first-order chi connectivity index (χ1) is 10.6. The lowest BCUT2D eigenvalue weighted by molar-refractivity contribution is 0.0794. The molecule has 0 aliphatic heterocycles. The van der Waals surface area contributed by atoms with Crippen LogP contribution in [-0.2, 0) is 0 Å². The SMILES string of the molecule is CN(C)C(=O)c1oc(=O)c2ccccc2c1-c1ccccc1. The molecule has 3 aromatic rings. The second kappa shape index (κ2) is 5.48. The molecule has 1 amide bonds. The molecule has 4 heteroatoms. The quantitative estimate of drug-likeness (QED) is 0.729. The predicted molar refractivity (Wildman–Crippen MR) is 85.9 cm³/mol. The van der Waals surface area contributed by atoms with Crippen LogP contribution in [0, 0.1) is 0 Å². The zero-order valence-corrected chi connectivity index (χ0v) is 12.4. The van der Waals surface area contributed by atoms with Crippen molar-refractivity contribution in [3.63, 3.8) is 0 Å². The number of carbonyl (C=O) groups excluding carboxylic acids is 1. The van der Waals surface area contributed by atoms with Crippen LogP contribution < -0.4 is 5.63 Å². The number of nitrogens with zero attached hydrogens (tertiary/aromatic N) is 1. The van der Waals surface area contributed by atoms with Crippen LogP contribution >= 0.6 is 0 Å². The molecule has 0 saturated carbocycles. The Balaban J connectivity index is 2.45. The summed E-state index contributed by atoms with van der Waals surface area (Å²) in [6.07, 6.45) is 0. The zero-order chi connectivity index (χ0) is 15.7. The number of carbonyl (C=O) groups is 1. The van der Waals surface area contributed by atoms with Crippen LogP contribution in [0.4, 0.5) is 0 Å². The molecule has 0 aliphatic rings. The number of hydrogen-bond donors (Lipinski definition) is 0. The third-order valence-corrected chi connectivity index (χ3v) is 3.50. The summed E-state index contributed by atoms with van der Waals surface area (Å²) in [4.78, 5) is 26.0. The molecule has 110 valence electrons. The van der Waals surface area contributed by atoms with Crippen LogP contribution in [-0.4, -0.2) is 24.9 Å². The number of hydrogen-bond acceptors (Lipinski definition) is 3. The lowest BCUT2D eigenvalue weighted by Crippen LogP contribution is -2.24. The van der Waals surface area contributed by atoms with Crippen molar-refractivity contribution >= 4 is 16.7 Å². The molecule has 0 unspecified atom stereocenters. The van der Waals surface area contributed by atoms with Gasteiger partial charge in [-0.15, -0.1) is 0 Å². The fourth-order valence-corrected chi connectivity index (χ4v) is 2.45. The van der Waals surface area contributed by atoms with Crippen LogP contribution in [0.2, 0.25) is 0 Å². The second-order valence-electron chi connectivity index (χ2n) is 5.20. The largest absolute Gasteiger partial charge is 0.416 e. The Labute approximate surface area is 127 Å². The van der Waals surface area contributed by atoms with Gasteiger partial charge in [-0.1, -0.05) is 48.5 Å². The summed E-state index contributed by atoms with van der Waals surface area (Å²) in [5, 5.41) is 1.19. The summed E-state index contributed by atoms with van der Waals surface area (Å²) >= 11 is 0. The summed E-state index contributed by atoms with van der Waals surface area (Å²) in [5.41, 5.74) is 0.989. The topological polar surface area (TPSA) is 50.5 Å². The first-order valence-electron chi connectivity index (χ1n) is 6.92. The monoisotopic (exact) mass is 293 g/mol. The zero-order valence-electron chi connectivity index (χ0n) is 12.4. The third-order valence-electron chi connectivity index (χ3n) is 3.50. The van der Waals surface area contributed by atoms with E-state index in [1.807, 2.05) is 42.5 Å². The van der Waals surface area contributed by atoms with Gasteiger partial charge in [0.1, 0.15) is 0 Å². The maximum atomic E-state index is 12.4. The summed E-state index contributed by atoms with van der Waals surface area (Å²) in [6.45, 7) is 0. The molecule has 2 aromatic carbocycles. The van der Waals surface area contributed by atoms with E-state index in [1.165, 1.54) is 4.90 Å². The number of rotatable bonds is 2. The third kappa shape index (κ3) is 2.29. The van der Waals surface area contributed by atoms with Gasteiger partial charge in [-0.05, 0) is 11.6 Å². The Morgan fingerprint density at radius 2 is 1.50 bits per heavy atom. The molecular formula is C18H15NO3. The van der Waals surface area contributed by atoms with Gasteiger partial charge in [0.2, 0.25) is 5.76 Å². The summed E-state index contributed by atoms with van der Waals surface area (Å²) in [7, 11) is 3.26. The molecule has 0 bridgehead atoms. The number of benzene rings is 2. The molecular weight excluding hydrogens is 278 g/mol. The van der Waals surface area contributed by atoms with Crippen molar-refractivity contribution in [2.24, 2.45) is 0 Å². The molecule has 3 rings (SSSR count). The van der Waals surface area contributed by atoms with Gasteiger partial charge in [-0.3, -0.25) is 4.79 Å². The highest BCUT2D eigenvalue weighted by molar-refractivity contribution is 6.06. The van der Waals surface area contributed by atoms with Crippen LogP contribution in [0.5, 0.6) is 0 Å². The van der Waals surface area contributed by atoms with Gasteiger partial charge < -0.3 is 9.32 Å². The summed E-state index contributed by atoms with van der Waals surface area (Å²) in [6, 6.07) is 16.6. The number of fused-ring (bicyclic) bond motifs is 1. The average molecular weight is 293 g/mol. The van der Waals surface area contributed by atoms with Gasteiger partial charge in [-0.25, -0.2) is 4.79 Å². The van der Waals surface area contributed by atoms with Crippen LogP contribution in [0.15, 0.2) is 63.8 Å². The van der Waals surface area contributed by atoms with E-state index >= 15 is 0 Å². The Morgan fingerprint density at radius 3 is 2.14 bits per heavy atom. The Hall–Kier alpha value is -2.88. The van der Waals surface area contributed by atoms with Crippen molar-refractivity contribution in [1.82, 2.24) is 4.90 Å². The summed E-state index contributed by atoms with van der Waals surface area (Å²) < 4.78 is 5.35. The van der Waals surface area contributed by atoms with E-state index < -0.39 is 5.63 Å². The van der Waals surface area contributed by atoms with E-state index in [9.17, 15) is 9.59 Å².